The van der Waals surface area contributed by atoms with Gasteiger partial charge in [-0.2, -0.15) is 0 Å². The van der Waals surface area contributed by atoms with Gasteiger partial charge in [-0.25, -0.2) is 0 Å². The molecular formula is C26H34O2. The Bertz CT molecular complexity index is 790. The molecule has 0 amide bonds. The molecule has 3 aliphatic carbocycles. The van der Waals surface area contributed by atoms with Gasteiger partial charge in [0.15, 0.2) is 5.78 Å². The zero-order valence-electron chi connectivity index (χ0n) is 17.6. The summed E-state index contributed by atoms with van der Waals surface area (Å²) in [6.45, 7) is 6.71. The van der Waals surface area contributed by atoms with Crippen LogP contribution in [0.15, 0.2) is 30.4 Å². The molecule has 0 unspecified atom stereocenters. The van der Waals surface area contributed by atoms with Gasteiger partial charge in [0, 0.05) is 12.0 Å². The van der Waals surface area contributed by atoms with E-state index in [1.807, 2.05) is 12.1 Å². The minimum Gasteiger partial charge on any atom is -0.298 e. The first-order chi connectivity index (χ1) is 13.4. The van der Waals surface area contributed by atoms with Crippen LogP contribution in [0.3, 0.4) is 0 Å². The van der Waals surface area contributed by atoms with E-state index in [9.17, 15) is 9.59 Å². The van der Waals surface area contributed by atoms with E-state index in [-0.39, 0.29) is 5.78 Å². The second kappa shape index (κ2) is 7.61. The molecule has 1 aromatic rings. The molecule has 2 fully saturated rings. The summed E-state index contributed by atoms with van der Waals surface area (Å²) in [6, 6.07) is 6.35. The highest BCUT2D eigenvalue weighted by Crippen LogP contribution is 2.63. The molecule has 0 N–H and O–H groups in total. The number of aldehydes is 1. The summed E-state index contributed by atoms with van der Waals surface area (Å²) in [5.41, 5.74) is 4.07. The summed E-state index contributed by atoms with van der Waals surface area (Å²) in [5, 5.41) is 0. The molecule has 0 heterocycles. The quantitative estimate of drug-likeness (QED) is 0.455. The number of ketones is 1. The summed E-state index contributed by atoms with van der Waals surface area (Å²) >= 11 is 0. The van der Waals surface area contributed by atoms with Crippen LogP contribution in [0.4, 0.5) is 0 Å². The van der Waals surface area contributed by atoms with E-state index >= 15 is 0 Å². The van der Waals surface area contributed by atoms with E-state index in [1.165, 1.54) is 43.2 Å². The molecule has 0 spiro atoms. The van der Waals surface area contributed by atoms with Crippen LogP contribution in [-0.4, -0.2) is 12.1 Å². The average Bonchev–Trinajstić information content (AvgIpc) is 3.01. The van der Waals surface area contributed by atoms with Gasteiger partial charge in [0.25, 0.3) is 0 Å². The highest BCUT2D eigenvalue weighted by atomic mass is 16.1. The molecule has 4 rings (SSSR count). The number of fused-ring (bicyclic) bond motifs is 5. The van der Waals surface area contributed by atoms with Gasteiger partial charge in [-0.1, -0.05) is 39.0 Å². The summed E-state index contributed by atoms with van der Waals surface area (Å²) in [5.74, 6) is 3.45. The molecule has 0 aromatic heterocycles. The maximum atomic E-state index is 12.2. The molecule has 2 saturated carbocycles. The second-order valence-corrected chi connectivity index (χ2v) is 10.1. The summed E-state index contributed by atoms with van der Waals surface area (Å²) < 4.78 is 0. The summed E-state index contributed by atoms with van der Waals surface area (Å²) in [6.07, 6.45) is 13.2. The minimum atomic E-state index is 0.285. The van der Waals surface area contributed by atoms with Crippen LogP contribution in [-0.2, 0) is 11.2 Å². The maximum Gasteiger partial charge on any atom is 0.155 e. The third-order valence-corrected chi connectivity index (χ3v) is 8.08. The molecule has 28 heavy (non-hydrogen) atoms. The first kappa shape index (κ1) is 19.6. The van der Waals surface area contributed by atoms with Crippen molar-refractivity contribution in [1.29, 1.82) is 0 Å². The van der Waals surface area contributed by atoms with Crippen LogP contribution in [0.1, 0.15) is 86.7 Å². The largest absolute Gasteiger partial charge is 0.298 e. The van der Waals surface area contributed by atoms with Gasteiger partial charge < -0.3 is 0 Å². The second-order valence-electron chi connectivity index (χ2n) is 10.1. The van der Waals surface area contributed by atoms with Gasteiger partial charge in [-0.15, -0.1) is 0 Å². The van der Waals surface area contributed by atoms with E-state index in [4.69, 9.17) is 0 Å². The van der Waals surface area contributed by atoms with Gasteiger partial charge in [0.05, 0.1) is 0 Å². The van der Waals surface area contributed by atoms with Crippen LogP contribution in [0.2, 0.25) is 0 Å². The van der Waals surface area contributed by atoms with Crippen molar-refractivity contribution in [2.75, 3.05) is 0 Å². The Morgan fingerprint density at radius 3 is 2.79 bits per heavy atom. The molecular weight excluding hydrogens is 344 g/mol. The van der Waals surface area contributed by atoms with E-state index in [2.05, 4.69) is 39.0 Å². The molecule has 3 aliphatic rings. The summed E-state index contributed by atoms with van der Waals surface area (Å²) in [4.78, 5) is 23.3. The molecule has 2 heteroatoms. The van der Waals surface area contributed by atoms with Crippen LogP contribution < -0.4 is 0 Å². The average molecular weight is 379 g/mol. The van der Waals surface area contributed by atoms with Crippen LogP contribution in [0.5, 0.6) is 0 Å². The SMILES string of the molecule is CC(C)CC(=O)C=C[C@H]1CC[C@H]2[C@@H]3CCc4cc(C=O)ccc4[C@H]3CC[C@]12C. The van der Waals surface area contributed by atoms with E-state index in [0.29, 0.717) is 29.6 Å². The highest BCUT2D eigenvalue weighted by molar-refractivity contribution is 5.89. The molecule has 5 atom stereocenters. The number of carbonyl (C=O) groups is 2. The standard InChI is InChI=1S/C26H34O2/c1-17(2)14-21(28)8-6-20-7-11-25-24-10-5-19-15-18(16-27)4-9-22(19)23(24)12-13-26(20,25)3/h4,6,8-9,15-17,20,23-25H,5,7,10-14H2,1-3H3/t20-,23+,24+,25-,26+/m0/s1. The fourth-order valence-electron chi connectivity index (χ4n) is 6.73. The Morgan fingerprint density at radius 2 is 2.04 bits per heavy atom. The minimum absolute atomic E-state index is 0.285. The topological polar surface area (TPSA) is 34.1 Å². The number of aryl methyl sites for hydroxylation is 1. The lowest BCUT2D eigenvalue weighted by Gasteiger charge is -2.50. The summed E-state index contributed by atoms with van der Waals surface area (Å²) in [7, 11) is 0. The smallest absolute Gasteiger partial charge is 0.155 e. The van der Waals surface area contributed by atoms with Crippen molar-refractivity contribution in [3.8, 4) is 0 Å². The maximum absolute atomic E-state index is 12.2. The van der Waals surface area contributed by atoms with Crippen molar-refractivity contribution in [3.63, 3.8) is 0 Å². The normalized spacial score (nSPS) is 34.1. The lowest BCUT2D eigenvalue weighted by atomic mass is 9.54. The molecule has 0 bridgehead atoms. The lowest BCUT2D eigenvalue weighted by molar-refractivity contribution is -0.115. The molecule has 1 aromatic carbocycles. The first-order valence-corrected chi connectivity index (χ1v) is 11.2. The van der Waals surface area contributed by atoms with Gasteiger partial charge in [-0.3, -0.25) is 9.59 Å². The predicted molar refractivity (Wildman–Crippen MR) is 114 cm³/mol. The zero-order chi connectivity index (χ0) is 19.9. The third kappa shape index (κ3) is 3.40. The number of rotatable bonds is 5. The monoisotopic (exact) mass is 378 g/mol. The fraction of sp³-hybridized carbons (Fsp3) is 0.615. The predicted octanol–water partition coefficient (Wildman–Crippen LogP) is 6.14. The van der Waals surface area contributed by atoms with Crippen LogP contribution in [0, 0.1) is 29.1 Å². The van der Waals surface area contributed by atoms with Gasteiger partial charge in [-0.05, 0) is 96.8 Å². The van der Waals surface area contributed by atoms with Gasteiger partial charge in [0.1, 0.15) is 6.29 Å². The molecule has 0 aliphatic heterocycles. The van der Waals surface area contributed by atoms with Gasteiger partial charge in [0.2, 0.25) is 0 Å². The van der Waals surface area contributed by atoms with Crippen LogP contribution >= 0.6 is 0 Å². The van der Waals surface area contributed by atoms with E-state index < -0.39 is 0 Å². The number of benzene rings is 1. The number of hydrogen-bond acceptors (Lipinski definition) is 2. The van der Waals surface area contributed by atoms with Gasteiger partial charge >= 0.3 is 0 Å². The zero-order valence-corrected chi connectivity index (χ0v) is 17.6. The fourth-order valence-corrected chi connectivity index (χ4v) is 6.73. The van der Waals surface area contributed by atoms with Crippen molar-refractivity contribution >= 4 is 12.1 Å². The van der Waals surface area contributed by atoms with Crippen LogP contribution in [0.25, 0.3) is 0 Å². The number of hydrogen-bond donors (Lipinski definition) is 0. The number of carbonyl (C=O) groups excluding carboxylic acids is 2. The Kier molecular flexibility index (Phi) is 5.33. The van der Waals surface area contributed by atoms with E-state index in [1.54, 1.807) is 0 Å². The van der Waals surface area contributed by atoms with Crippen molar-refractivity contribution in [1.82, 2.24) is 0 Å². The molecule has 150 valence electrons. The molecule has 0 radical (unpaired) electrons. The number of allylic oxidation sites excluding steroid dienone is 2. The van der Waals surface area contributed by atoms with Crippen molar-refractivity contribution in [2.24, 2.45) is 29.1 Å². The molecule has 2 nitrogen and oxygen atoms in total. The Hall–Kier alpha value is -1.70. The van der Waals surface area contributed by atoms with Crippen molar-refractivity contribution in [3.05, 3.63) is 47.0 Å². The van der Waals surface area contributed by atoms with E-state index in [0.717, 1.165) is 30.1 Å². The highest BCUT2D eigenvalue weighted by Gasteiger charge is 2.53. The lowest BCUT2D eigenvalue weighted by Crippen LogP contribution is -2.42. The first-order valence-electron chi connectivity index (χ1n) is 11.2. The molecule has 0 saturated heterocycles. The van der Waals surface area contributed by atoms with Crippen molar-refractivity contribution in [2.45, 2.75) is 71.6 Å². The third-order valence-electron chi connectivity index (χ3n) is 8.08. The Balaban J connectivity index is 1.53. The Morgan fingerprint density at radius 1 is 1.21 bits per heavy atom. The Labute approximate surface area is 169 Å². The van der Waals surface area contributed by atoms with Crippen molar-refractivity contribution < 1.29 is 9.59 Å².